The van der Waals surface area contributed by atoms with Crippen LogP contribution in [0.5, 0.6) is 0 Å². The highest BCUT2D eigenvalue weighted by atomic mass is 32.2. The van der Waals surface area contributed by atoms with Gasteiger partial charge in [0.2, 0.25) is 0 Å². The lowest BCUT2D eigenvalue weighted by Crippen LogP contribution is -2.46. The van der Waals surface area contributed by atoms with Crippen LogP contribution in [0.25, 0.3) is 0 Å². The largest absolute Gasteiger partial charge is 0.312 e. The van der Waals surface area contributed by atoms with Gasteiger partial charge in [0.05, 0.1) is 0 Å². The van der Waals surface area contributed by atoms with Crippen LogP contribution in [0.1, 0.15) is 41.0 Å². The van der Waals surface area contributed by atoms with Gasteiger partial charge in [0.25, 0.3) is 0 Å². The van der Waals surface area contributed by atoms with Crippen LogP contribution < -0.4 is 5.32 Å². The van der Waals surface area contributed by atoms with E-state index < -0.39 is 0 Å². The summed E-state index contributed by atoms with van der Waals surface area (Å²) in [6.45, 7) is 15.1. The lowest BCUT2D eigenvalue weighted by Gasteiger charge is -2.37. The Bertz CT molecular complexity index is 201. The molecule has 2 nitrogen and oxygen atoms in total. The summed E-state index contributed by atoms with van der Waals surface area (Å²) >= 11 is 2.12. The zero-order valence-corrected chi connectivity index (χ0v) is 12.4. The lowest BCUT2D eigenvalue weighted by atomic mass is 10.1. The molecule has 1 fully saturated rings. The highest BCUT2D eigenvalue weighted by Gasteiger charge is 2.24. The van der Waals surface area contributed by atoms with Crippen LogP contribution in [0.3, 0.4) is 0 Å². The number of hydrogen-bond acceptors (Lipinski definition) is 3. The van der Waals surface area contributed by atoms with Crippen LogP contribution in [-0.4, -0.2) is 47.1 Å². The normalized spacial score (nSPS) is 28.3. The van der Waals surface area contributed by atoms with Crippen molar-refractivity contribution in [1.82, 2.24) is 10.2 Å². The predicted octanol–water partition coefficient (Wildman–Crippen LogP) is 2.59. The number of hydrogen-bond donors (Lipinski definition) is 1. The van der Waals surface area contributed by atoms with Gasteiger partial charge in [-0.05, 0) is 47.2 Å². The third-order valence-electron chi connectivity index (χ3n) is 3.29. The molecule has 1 heterocycles. The van der Waals surface area contributed by atoms with E-state index in [0.29, 0.717) is 0 Å². The minimum absolute atomic E-state index is 0.261. The average Bonchev–Trinajstić information content (AvgIpc) is 2.17. The molecule has 1 N–H and O–H groups in total. The van der Waals surface area contributed by atoms with Crippen LogP contribution in [0.15, 0.2) is 0 Å². The Labute approximate surface area is 106 Å². The molecule has 96 valence electrons. The quantitative estimate of drug-likeness (QED) is 0.765. The van der Waals surface area contributed by atoms with E-state index in [0.717, 1.165) is 17.8 Å². The second-order valence-electron chi connectivity index (χ2n) is 5.88. The fourth-order valence-electron chi connectivity index (χ4n) is 2.06. The second-order valence-corrected chi connectivity index (χ2v) is 7.37. The van der Waals surface area contributed by atoms with E-state index in [1.54, 1.807) is 0 Å². The van der Waals surface area contributed by atoms with E-state index >= 15 is 0 Å². The Morgan fingerprint density at radius 3 is 2.62 bits per heavy atom. The molecule has 3 heteroatoms. The first kappa shape index (κ1) is 14.3. The van der Waals surface area contributed by atoms with E-state index in [2.05, 4.69) is 56.6 Å². The first-order valence-electron chi connectivity index (χ1n) is 6.51. The molecule has 2 unspecified atom stereocenters. The summed E-state index contributed by atoms with van der Waals surface area (Å²) in [5, 5.41) is 4.35. The van der Waals surface area contributed by atoms with Crippen LogP contribution in [-0.2, 0) is 0 Å². The summed E-state index contributed by atoms with van der Waals surface area (Å²) in [5.74, 6) is 1.30. The first-order valence-corrected chi connectivity index (χ1v) is 7.56. The van der Waals surface area contributed by atoms with E-state index in [4.69, 9.17) is 0 Å². The van der Waals surface area contributed by atoms with Gasteiger partial charge in [0, 0.05) is 29.1 Å². The molecule has 0 aromatic carbocycles. The molecule has 1 aliphatic heterocycles. The Kier molecular flexibility index (Phi) is 5.62. The maximum Gasteiger partial charge on any atom is 0.0184 e. The van der Waals surface area contributed by atoms with Gasteiger partial charge in [-0.15, -0.1) is 0 Å². The number of nitrogens with one attached hydrogen (secondary N) is 1. The summed E-state index contributed by atoms with van der Waals surface area (Å²) in [6, 6.07) is 0.744. The van der Waals surface area contributed by atoms with Gasteiger partial charge in [-0.3, -0.25) is 4.90 Å². The lowest BCUT2D eigenvalue weighted by molar-refractivity contribution is 0.208. The Morgan fingerprint density at radius 2 is 2.00 bits per heavy atom. The molecule has 0 saturated carbocycles. The highest BCUT2D eigenvalue weighted by Crippen LogP contribution is 2.23. The molecule has 0 spiro atoms. The minimum Gasteiger partial charge on any atom is -0.312 e. The summed E-state index contributed by atoms with van der Waals surface area (Å²) in [5.41, 5.74) is 0.261. The summed E-state index contributed by atoms with van der Waals surface area (Å²) in [7, 11) is 0. The molecule has 1 rings (SSSR count). The summed E-state index contributed by atoms with van der Waals surface area (Å²) < 4.78 is 0. The Balaban J connectivity index is 2.17. The third kappa shape index (κ3) is 5.07. The third-order valence-corrected chi connectivity index (χ3v) is 4.63. The molecule has 0 radical (unpaired) electrons. The van der Waals surface area contributed by atoms with Crippen molar-refractivity contribution < 1.29 is 0 Å². The van der Waals surface area contributed by atoms with E-state index in [1.807, 2.05) is 0 Å². The summed E-state index contributed by atoms with van der Waals surface area (Å²) in [6.07, 6.45) is 1.26. The van der Waals surface area contributed by atoms with Crippen molar-refractivity contribution in [2.24, 2.45) is 0 Å². The van der Waals surface area contributed by atoms with Crippen molar-refractivity contribution in [3.63, 3.8) is 0 Å². The van der Waals surface area contributed by atoms with Crippen LogP contribution in [0.4, 0.5) is 0 Å². The molecule has 2 atom stereocenters. The predicted molar refractivity (Wildman–Crippen MR) is 75.3 cm³/mol. The maximum absolute atomic E-state index is 3.56. The Morgan fingerprint density at radius 1 is 1.31 bits per heavy atom. The van der Waals surface area contributed by atoms with Crippen molar-refractivity contribution in [2.45, 2.75) is 57.9 Å². The van der Waals surface area contributed by atoms with Crippen molar-refractivity contribution in [1.29, 1.82) is 0 Å². The fraction of sp³-hybridized carbons (Fsp3) is 1.00. The number of nitrogens with zero attached hydrogens (tertiary/aromatic N) is 1. The van der Waals surface area contributed by atoms with Crippen LogP contribution in [0, 0.1) is 0 Å². The topological polar surface area (TPSA) is 15.3 Å². The van der Waals surface area contributed by atoms with E-state index in [-0.39, 0.29) is 5.54 Å². The number of rotatable bonds is 4. The van der Waals surface area contributed by atoms with Crippen molar-refractivity contribution in [2.75, 3.05) is 25.4 Å². The molecule has 0 aromatic rings. The van der Waals surface area contributed by atoms with Crippen molar-refractivity contribution in [3.05, 3.63) is 0 Å². The standard InChI is InChI=1S/C13H28N2S/c1-11-12(2)16-10-9-15(11)8-6-7-14-13(3,4)5/h11-12,14H,6-10H2,1-5H3. The summed E-state index contributed by atoms with van der Waals surface area (Å²) in [4.78, 5) is 2.64. The molecule has 0 amide bonds. The zero-order valence-electron chi connectivity index (χ0n) is 11.5. The molecule has 0 aromatic heterocycles. The van der Waals surface area contributed by atoms with Crippen molar-refractivity contribution in [3.8, 4) is 0 Å². The fourth-order valence-corrected chi connectivity index (χ4v) is 3.22. The van der Waals surface area contributed by atoms with Gasteiger partial charge >= 0.3 is 0 Å². The van der Waals surface area contributed by atoms with Crippen molar-refractivity contribution >= 4 is 11.8 Å². The van der Waals surface area contributed by atoms with Crippen LogP contribution >= 0.6 is 11.8 Å². The number of thioether (sulfide) groups is 1. The first-order chi connectivity index (χ1) is 7.40. The second kappa shape index (κ2) is 6.27. The van der Waals surface area contributed by atoms with E-state index in [9.17, 15) is 0 Å². The molecular weight excluding hydrogens is 216 g/mol. The molecule has 0 aliphatic carbocycles. The molecular formula is C13H28N2S. The van der Waals surface area contributed by atoms with Gasteiger partial charge in [0.1, 0.15) is 0 Å². The van der Waals surface area contributed by atoms with Crippen LogP contribution in [0.2, 0.25) is 0 Å². The van der Waals surface area contributed by atoms with Gasteiger partial charge in [-0.25, -0.2) is 0 Å². The molecule has 16 heavy (non-hydrogen) atoms. The molecule has 0 bridgehead atoms. The van der Waals surface area contributed by atoms with Gasteiger partial charge < -0.3 is 5.32 Å². The highest BCUT2D eigenvalue weighted by molar-refractivity contribution is 8.00. The Hall–Kier alpha value is 0.270. The maximum atomic E-state index is 3.56. The van der Waals surface area contributed by atoms with Gasteiger partial charge in [0.15, 0.2) is 0 Å². The van der Waals surface area contributed by atoms with Gasteiger partial charge in [-0.2, -0.15) is 11.8 Å². The molecule has 1 saturated heterocycles. The SMILES string of the molecule is CC1SCCN(CCCNC(C)(C)C)C1C. The van der Waals surface area contributed by atoms with Gasteiger partial charge in [-0.1, -0.05) is 6.92 Å². The average molecular weight is 244 g/mol. The molecule has 1 aliphatic rings. The minimum atomic E-state index is 0.261. The monoisotopic (exact) mass is 244 g/mol. The zero-order chi connectivity index (χ0) is 12.2. The van der Waals surface area contributed by atoms with E-state index in [1.165, 1.54) is 25.3 Å². The smallest absolute Gasteiger partial charge is 0.0184 e.